The van der Waals surface area contributed by atoms with Gasteiger partial charge in [0.1, 0.15) is 0 Å². The second kappa shape index (κ2) is 0.348. The highest BCUT2D eigenvalue weighted by molar-refractivity contribution is 5.43. The number of rotatable bonds is 0. The molecule has 0 bridgehead atoms. The van der Waals surface area contributed by atoms with E-state index >= 15 is 0 Å². The predicted octanol–water partition coefficient (Wildman–Crippen LogP) is 0.121. The van der Waals surface area contributed by atoms with Crippen molar-refractivity contribution in [3.63, 3.8) is 0 Å². The summed E-state index contributed by atoms with van der Waals surface area (Å²) >= 11 is 0. The third kappa shape index (κ3) is 0.0658. The third-order valence-corrected chi connectivity index (χ3v) is 2.72. The first-order chi connectivity index (χ1) is 2.93. The fraction of sp³-hybridized carbons (Fsp3) is 1.00. The van der Waals surface area contributed by atoms with Gasteiger partial charge in [-0.25, -0.2) is 0 Å². The summed E-state index contributed by atoms with van der Waals surface area (Å²) in [4.78, 5) is 0. The van der Waals surface area contributed by atoms with Gasteiger partial charge in [-0.15, -0.1) is 0 Å². The van der Waals surface area contributed by atoms with Crippen LogP contribution in [0.5, 0.6) is 0 Å². The number of fused-ring (bicyclic) bond motifs is 1. The summed E-state index contributed by atoms with van der Waals surface area (Å²) in [6, 6.07) is 1.03. The van der Waals surface area contributed by atoms with Crippen LogP contribution in [0.4, 0.5) is 0 Å². The second-order valence-electron chi connectivity index (χ2n) is 2.81. The van der Waals surface area contributed by atoms with Crippen molar-refractivity contribution in [1.29, 1.82) is 0 Å². The summed E-state index contributed by atoms with van der Waals surface area (Å²) in [7, 11) is 0. The van der Waals surface area contributed by atoms with E-state index in [1.807, 2.05) is 0 Å². The van der Waals surface area contributed by atoms with E-state index < -0.39 is 0 Å². The Hall–Kier alpha value is -0.0400. The van der Waals surface area contributed by atoms with Crippen LogP contribution < -0.4 is 5.32 Å². The normalized spacial score (nSPS) is 80.0. The van der Waals surface area contributed by atoms with Crippen molar-refractivity contribution in [2.45, 2.75) is 24.4 Å². The minimum atomic E-state index is 0.806. The van der Waals surface area contributed by atoms with E-state index in [0.717, 1.165) is 17.5 Å². The SMILES string of the molecule is C1CC23NC2C13. The van der Waals surface area contributed by atoms with Gasteiger partial charge in [0, 0.05) is 11.6 Å². The van der Waals surface area contributed by atoms with Gasteiger partial charge in [0.05, 0.1) is 0 Å². The van der Waals surface area contributed by atoms with E-state index in [4.69, 9.17) is 0 Å². The Morgan fingerprint density at radius 2 is 2.50 bits per heavy atom. The van der Waals surface area contributed by atoms with Crippen LogP contribution in [0.1, 0.15) is 12.8 Å². The van der Waals surface area contributed by atoms with Gasteiger partial charge in [-0.3, -0.25) is 0 Å². The molecule has 6 heavy (non-hydrogen) atoms. The van der Waals surface area contributed by atoms with Gasteiger partial charge >= 0.3 is 0 Å². The Kier molecular flexibility index (Phi) is 0.134. The van der Waals surface area contributed by atoms with Crippen LogP contribution in [0, 0.1) is 5.92 Å². The lowest BCUT2D eigenvalue weighted by Gasteiger charge is -2.19. The fourth-order valence-corrected chi connectivity index (χ4v) is 1.89. The van der Waals surface area contributed by atoms with E-state index in [1.54, 1.807) is 0 Å². The largest absolute Gasteiger partial charge is 0.304 e. The Balaban J connectivity index is 2.20. The van der Waals surface area contributed by atoms with Crippen LogP contribution in [0.2, 0.25) is 0 Å². The zero-order valence-electron chi connectivity index (χ0n) is 3.57. The molecule has 1 nitrogen and oxygen atoms in total. The molecule has 0 amide bonds. The minimum Gasteiger partial charge on any atom is -0.304 e. The first-order valence-corrected chi connectivity index (χ1v) is 2.71. The first kappa shape index (κ1) is 2.31. The Labute approximate surface area is 36.7 Å². The van der Waals surface area contributed by atoms with Gasteiger partial charge < -0.3 is 5.32 Å². The summed E-state index contributed by atoms with van der Waals surface area (Å²) in [5, 5.41) is 3.41. The molecule has 0 aromatic rings. The fourth-order valence-electron chi connectivity index (χ4n) is 1.89. The van der Waals surface area contributed by atoms with Crippen molar-refractivity contribution < 1.29 is 0 Å². The second-order valence-corrected chi connectivity index (χ2v) is 2.81. The van der Waals surface area contributed by atoms with Gasteiger partial charge in [-0.05, 0) is 18.8 Å². The lowest BCUT2D eigenvalue weighted by atomic mass is 9.94. The molecule has 2 aliphatic carbocycles. The molecule has 3 fully saturated rings. The molecule has 3 unspecified atom stereocenters. The maximum atomic E-state index is 3.41. The summed E-state index contributed by atoms with van der Waals surface area (Å²) in [6.45, 7) is 0. The smallest absolute Gasteiger partial charge is 0.0385 e. The maximum absolute atomic E-state index is 3.41. The average Bonchev–Trinajstić information content (AvgIpc) is 2.22. The number of hydrogen-bond acceptors (Lipinski definition) is 1. The van der Waals surface area contributed by atoms with Crippen molar-refractivity contribution in [2.24, 2.45) is 5.92 Å². The quantitative estimate of drug-likeness (QED) is 0.411. The molecule has 0 radical (unpaired) electrons. The van der Waals surface area contributed by atoms with Crippen molar-refractivity contribution in [3.05, 3.63) is 0 Å². The van der Waals surface area contributed by atoms with E-state index in [9.17, 15) is 0 Å². The van der Waals surface area contributed by atoms with Gasteiger partial charge in [-0.2, -0.15) is 0 Å². The first-order valence-electron chi connectivity index (χ1n) is 2.71. The summed E-state index contributed by atoms with van der Waals surface area (Å²) in [5.41, 5.74) is 0.806. The molecule has 0 aromatic heterocycles. The molecular formula is C5H7N. The molecule has 2 saturated carbocycles. The van der Waals surface area contributed by atoms with Crippen LogP contribution in [0.3, 0.4) is 0 Å². The molecule has 1 heteroatoms. The number of hydrogen-bond donors (Lipinski definition) is 1. The van der Waals surface area contributed by atoms with Crippen molar-refractivity contribution in [3.8, 4) is 0 Å². The monoisotopic (exact) mass is 81.1 g/mol. The van der Waals surface area contributed by atoms with Crippen LogP contribution in [0.15, 0.2) is 0 Å². The van der Waals surface area contributed by atoms with Crippen LogP contribution in [-0.4, -0.2) is 11.6 Å². The van der Waals surface area contributed by atoms with Gasteiger partial charge in [-0.1, -0.05) is 0 Å². The number of piperidine rings is 1. The van der Waals surface area contributed by atoms with Gasteiger partial charge in [0.25, 0.3) is 0 Å². The minimum absolute atomic E-state index is 0.806. The van der Waals surface area contributed by atoms with Crippen LogP contribution in [-0.2, 0) is 0 Å². The highest BCUT2D eigenvalue weighted by atomic mass is 15.4. The van der Waals surface area contributed by atoms with E-state index in [2.05, 4.69) is 5.32 Å². The molecule has 3 atom stereocenters. The zero-order valence-corrected chi connectivity index (χ0v) is 3.57. The molecule has 1 aliphatic heterocycles. The summed E-state index contributed by atoms with van der Waals surface area (Å²) in [5.74, 6) is 1.16. The maximum Gasteiger partial charge on any atom is 0.0385 e. The standard InChI is InChI=1S/C5H7N/c1-2-5-3(1)4(5)6-5/h3-4,6H,1-2H2. The predicted molar refractivity (Wildman–Crippen MR) is 22.4 cm³/mol. The molecule has 1 saturated heterocycles. The molecule has 1 heterocycles. The van der Waals surface area contributed by atoms with Crippen LogP contribution >= 0.6 is 0 Å². The third-order valence-electron chi connectivity index (χ3n) is 2.72. The molecule has 1 N–H and O–H groups in total. The van der Waals surface area contributed by atoms with Crippen molar-refractivity contribution in [1.82, 2.24) is 5.32 Å². The van der Waals surface area contributed by atoms with Crippen molar-refractivity contribution >= 4 is 0 Å². The Morgan fingerprint density at radius 1 is 1.67 bits per heavy atom. The molecule has 3 aliphatic rings. The molecule has 0 aromatic carbocycles. The van der Waals surface area contributed by atoms with Crippen molar-refractivity contribution in [2.75, 3.05) is 0 Å². The highest BCUT2D eigenvalue weighted by Gasteiger charge is 2.83. The lowest BCUT2D eigenvalue weighted by molar-refractivity contribution is 0.353. The summed E-state index contributed by atoms with van der Waals surface area (Å²) < 4.78 is 0. The topological polar surface area (TPSA) is 21.9 Å². The van der Waals surface area contributed by atoms with E-state index in [1.165, 1.54) is 12.8 Å². The molecule has 32 valence electrons. The zero-order chi connectivity index (χ0) is 3.78. The summed E-state index contributed by atoms with van der Waals surface area (Å²) in [6.07, 6.45) is 3.01. The highest BCUT2D eigenvalue weighted by Crippen LogP contribution is 2.70. The molecule has 3 rings (SSSR count). The lowest BCUT2D eigenvalue weighted by Crippen LogP contribution is -2.27. The van der Waals surface area contributed by atoms with Crippen LogP contribution in [0.25, 0.3) is 0 Å². The van der Waals surface area contributed by atoms with Gasteiger partial charge in [0.15, 0.2) is 0 Å². The number of nitrogens with one attached hydrogen (secondary N) is 1. The molecule has 1 spiro atoms. The average molecular weight is 81.1 g/mol. The van der Waals surface area contributed by atoms with E-state index in [0.29, 0.717) is 0 Å². The Bertz CT molecular complexity index is 111. The van der Waals surface area contributed by atoms with Gasteiger partial charge in [0.2, 0.25) is 0 Å². The molecular weight excluding hydrogens is 74.1 g/mol. The Morgan fingerprint density at radius 3 is 2.50 bits per heavy atom. The van der Waals surface area contributed by atoms with E-state index in [-0.39, 0.29) is 0 Å².